The number of aliphatic hydroxyl groups excluding tert-OH is 1. The highest BCUT2D eigenvalue weighted by Gasteiger charge is 2.23. The predicted molar refractivity (Wildman–Crippen MR) is 137 cm³/mol. The average molecular weight is 520 g/mol. The number of carbonyl (C=O) groups is 2. The summed E-state index contributed by atoms with van der Waals surface area (Å²) in [6, 6.07) is 0. The zero-order valence-electron chi connectivity index (χ0n) is 21.5. The molecular formula is C25H46NO8P. The van der Waals surface area contributed by atoms with E-state index in [1.54, 1.807) is 0 Å². The fourth-order valence-electron chi connectivity index (χ4n) is 2.93. The first-order valence-corrected chi connectivity index (χ1v) is 14.3. The molecule has 0 bridgehead atoms. The third kappa shape index (κ3) is 24.0. The summed E-state index contributed by atoms with van der Waals surface area (Å²) in [5.41, 5.74) is 0. The van der Waals surface area contributed by atoms with Crippen molar-refractivity contribution < 1.29 is 37.9 Å². The van der Waals surface area contributed by atoms with Crippen LogP contribution in [0, 0.1) is 0 Å². The number of hydrogen-bond donors (Lipinski definition) is 3. The summed E-state index contributed by atoms with van der Waals surface area (Å²) in [6.07, 6.45) is 18.3. The summed E-state index contributed by atoms with van der Waals surface area (Å²) in [6.45, 7) is 3.05. The van der Waals surface area contributed by atoms with Crippen LogP contribution in [-0.2, 0) is 27.9 Å². The lowest BCUT2D eigenvalue weighted by Gasteiger charge is -2.15. The van der Waals surface area contributed by atoms with Gasteiger partial charge < -0.3 is 20.1 Å². The molecule has 0 heterocycles. The van der Waals surface area contributed by atoms with Crippen molar-refractivity contribution in [1.82, 2.24) is 5.32 Å². The van der Waals surface area contributed by atoms with Crippen molar-refractivity contribution in [2.45, 2.75) is 97.0 Å². The van der Waals surface area contributed by atoms with Gasteiger partial charge in [-0.15, -0.1) is 0 Å². The molecule has 3 N–H and O–H groups in total. The number of phosphoric ester groups is 1. The Morgan fingerprint density at radius 1 is 0.886 bits per heavy atom. The number of allylic oxidation sites excluding steroid dienone is 4. The maximum absolute atomic E-state index is 11.8. The highest BCUT2D eigenvalue weighted by Crippen LogP contribution is 2.42. The van der Waals surface area contributed by atoms with Gasteiger partial charge in [-0.25, -0.2) is 4.57 Å². The molecule has 2 unspecified atom stereocenters. The Morgan fingerprint density at radius 2 is 1.57 bits per heavy atom. The van der Waals surface area contributed by atoms with Crippen LogP contribution >= 0.6 is 7.82 Å². The van der Waals surface area contributed by atoms with Crippen molar-refractivity contribution >= 4 is 19.7 Å². The highest BCUT2D eigenvalue weighted by atomic mass is 31.2. The quantitative estimate of drug-likeness (QED) is 0.0746. The van der Waals surface area contributed by atoms with Gasteiger partial charge in [0.1, 0.15) is 12.7 Å². The number of esters is 1. The van der Waals surface area contributed by atoms with E-state index in [2.05, 4.69) is 41.1 Å². The number of aliphatic hydroxyl groups is 1. The van der Waals surface area contributed by atoms with Crippen LogP contribution in [0.25, 0.3) is 0 Å². The fraction of sp³-hybridized carbons (Fsp3) is 0.760. The monoisotopic (exact) mass is 519 g/mol. The first-order chi connectivity index (χ1) is 16.8. The highest BCUT2D eigenvalue weighted by molar-refractivity contribution is 7.47. The molecule has 204 valence electrons. The standard InChI is InChI=1S/C25H46NO8P/c1-3-5-6-7-8-9-10-11-12-13-14-15-16-18-25(29)32-21-23(27)22-34-35(30,31)33-20-19-26-24(28)17-4-2/h6-7,9-10,23,27H,3-5,8,11-22H2,1-2H3,(H,26,28)(H,30,31)/b7-6-,10-9-. The molecule has 0 aromatic carbocycles. The average Bonchev–Trinajstić information content (AvgIpc) is 2.82. The number of unbranched alkanes of at least 4 members (excludes halogenated alkanes) is 6. The van der Waals surface area contributed by atoms with Gasteiger partial charge in [0.2, 0.25) is 5.91 Å². The number of phosphoric acid groups is 1. The van der Waals surface area contributed by atoms with Crippen molar-refractivity contribution in [2.75, 3.05) is 26.4 Å². The van der Waals surface area contributed by atoms with Gasteiger partial charge in [-0.3, -0.25) is 18.6 Å². The molecule has 1 amide bonds. The first kappa shape index (κ1) is 33.5. The molecule has 10 heteroatoms. The van der Waals surface area contributed by atoms with E-state index < -0.39 is 26.5 Å². The van der Waals surface area contributed by atoms with Crippen molar-refractivity contribution in [3.05, 3.63) is 24.3 Å². The molecule has 0 aliphatic heterocycles. The Labute approximate surface area is 210 Å². The Bertz CT molecular complexity index is 653. The number of hydrogen-bond acceptors (Lipinski definition) is 7. The number of carbonyl (C=O) groups excluding carboxylic acids is 2. The lowest BCUT2D eigenvalue weighted by atomic mass is 10.1. The van der Waals surface area contributed by atoms with Gasteiger partial charge in [0.15, 0.2) is 0 Å². The Hall–Kier alpha value is -1.51. The zero-order chi connectivity index (χ0) is 26.2. The van der Waals surface area contributed by atoms with Gasteiger partial charge in [0, 0.05) is 19.4 Å². The molecular weight excluding hydrogens is 473 g/mol. The summed E-state index contributed by atoms with van der Waals surface area (Å²) in [7, 11) is -4.37. The first-order valence-electron chi connectivity index (χ1n) is 12.8. The molecule has 35 heavy (non-hydrogen) atoms. The van der Waals surface area contributed by atoms with Gasteiger partial charge in [0.05, 0.1) is 13.2 Å². The molecule has 0 aromatic rings. The van der Waals surface area contributed by atoms with Crippen molar-refractivity contribution in [3.63, 3.8) is 0 Å². The number of amides is 1. The van der Waals surface area contributed by atoms with E-state index in [-0.39, 0.29) is 32.1 Å². The molecule has 0 aliphatic rings. The summed E-state index contributed by atoms with van der Waals surface area (Å²) < 4.78 is 26.1. The zero-order valence-corrected chi connectivity index (χ0v) is 22.4. The normalized spacial score (nSPS) is 14.3. The van der Waals surface area contributed by atoms with Gasteiger partial charge in [-0.2, -0.15) is 0 Å². The van der Waals surface area contributed by atoms with E-state index >= 15 is 0 Å². The van der Waals surface area contributed by atoms with Crippen molar-refractivity contribution in [1.29, 1.82) is 0 Å². The maximum Gasteiger partial charge on any atom is 0.472 e. The summed E-state index contributed by atoms with van der Waals surface area (Å²) in [4.78, 5) is 32.6. The second-order valence-electron chi connectivity index (χ2n) is 8.31. The van der Waals surface area contributed by atoms with Crippen LogP contribution in [0.15, 0.2) is 24.3 Å². The molecule has 0 fully saturated rings. The SMILES string of the molecule is CCC/C=C\C/C=C\CCCCCCCC(=O)OCC(O)COP(=O)(O)OCCNC(=O)CCC. The third-order valence-electron chi connectivity index (χ3n) is 4.84. The van der Waals surface area contributed by atoms with E-state index in [1.807, 2.05) is 6.92 Å². The smallest absolute Gasteiger partial charge is 0.463 e. The Kier molecular flexibility index (Phi) is 21.9. The van der Waals surface area contributed by atoms with Crippen LogP contribution in [-0.4, -0.2) is 54.3 Å². The van der Waals surface area contributed by atoms with Gasteiger partial charge >= 0.3 is 13.8 Å². The number of ether oxygens (including phenoxy) is 1. The largest absolute Gasteiger partial charge is 0.472 e. The van der Waals surface area contributed by atoms with Gasteiger partial charge in [0.25, 0.3) is 0 Å². The van der Waals surface area contributed by atoms with Crippen molar-refractivity contribution in [2.24, 2.45) is 0 Å². The lowest BCUT2D eigenvalue weighted by molar-refractivity contribution is -0.147. The van der Waals surface area contributed by atoms with Gasteiger partial charge in [-0.1, -0.05) is 63.8 Å². The summed E-state index contributed by atoms with van der Waals surface area (Å²) in [5.74, 6) is -0.592. The van der Waals surface area contributed by atoms with E-state index in [4.69, 9.17) is 9.26 Å². The van der Waals surface area contributed by atoms with Crippen LogP contribution < -0.4 is 5.32 Å². The molecule has 0 saturated heterocycles. The molecule has 9 nitrogen and oxygen atoms in total. The molecule has 0 aromatic heterocycles. The summed E-state index contributed by atoms with van der Waals surface area (Å²) in [5, 5.41) is 12.3. The van der Waals surface area contributed by atoms with E-state index in [1.165, 1.54) is 6.42 Å². The lowest BCUT2D eigenvalue weighted by Crippen LogP contribution is -2.27. The van der Waals surface area contributed by atoms with E-state index in [0.29, 0.717) is 12.8 Å². The molecule has 0 rings (SSSR count). The van der Waals surface area contributed by atoms with Crippen LogP contribution in [0.3, 0.4) is 0 Å². The molecule has 2 atom stereocenters. The van der Waals surface area contributed by atoms with E-state index in [0.717, 1.165) is 51.4 Å². The predicted octanol–water partition coefficient (Wildman–Crippen LogP) is 4.97. The molecule has 0 aliphatic carbocycles. The Morgan fingerprint density at radius 3 is 2.29 bits per heavy atom. The minimum atomic E-state index is -4.37. The number of nitrogens with one attached hydrogen (secondary N) is 1. The minimum absolute atomic E-state index is 0.0704. The van der Waals surface area contributed by atoms with Gasteiger partial charge in [-0.05, 0) is 38.5 Å². The fourth-order valence-corrected chi connectivity index (χ4v) is 3.69. The number of rotatable bonds is 23. The molecule has 0 spiro atoms. The Balaban J connectivity index is 3.68. The van der Waals surface area contributed by atoms with Crippen LogP contribution in [0.2, 0.25) is 0 Å². The van der Waals surface area contributed by atoms with Crippen LogP contribution in [0.5, 0.6) is 0 Å². The second kappa shape index (κ2) is 22.9. The second-order valence-corrected chi connectivity index (χ2v) is 9.76. The maximum atomic E-state index is 11.8. The topological polar surface area (TPSA) is 131 Å². The summed E-state index contributed by atoms with van der Waals surface area (Å²) >= 11 is 0. The van der Waals surface area contributed by atoms with Crippen molar-refractivity contribution in [3.8, 4) is 0 Å². The van der Waals surface area contributed by atoms with Crippen LogP contribution in [0.4, 0.5) is 0 Å². The minimum Gasteiger partial charge on any atom is -0.463 e. The molecule has 0 saturated carbocycles. The van der Waals surface area contributed by atoms with E-state index in [9.17, 15) is 24.2 Å². The third-order valence-corrected chi connectivity index (χ3v) is 5.82. The molecule has 0 radical (unpaired) electrons. The van der Waals surface area contributed by atoms with Crippen LogP contribution in [0.1, 0.15) is 90.9 Å².